The number of nitriles is 1. The topological polar surface area (TPSA) is 103 Å². The number of aliphatic hydroxyl groups is 1. The van der Waals surface area contributed by atoms with Gasteiger partial charge in [0.05, 0.1) is 17.2 Å². The van der Waals surface area contributed by atoms with E-state index in [9.17, 15) is 27.9 Å². The maximum Gasteiger partial charge on any atom is 0.417 e. The van der Waals surface area contributed by atoms with Crippen molar-refractivity contribution in [3.8, 4) is 6.07 Å². The minimum Gasteiger partial charge on any atom is -0.444 e. The largest absolute Gasteiger partial charge is 0.444 e. The van der Waals surface area contributed by atoms with Crippen LogP contribution in [0.25, 0.3) is 0 Å². The van der Waals surface area contributed by atoms with Gasteiger partial charge in [0, 0.05) is 31.1 Å². The van der Waals surface area contributed by atoms with E-state index < -0.39 is 46.4 Å². The Morgan fingerprint density at radius 2 is 1.73 bits per heavy atom. The van der Waals surface area contributed by atoms with Gasteiger partial charge in [0.15, 0.2) is 0 Å². The molecule has 0 saturated carbocycles. The first-order valence-corrected chi connectivity index (χ1v) is 11.9. The number of ether oxygens (including phenoxy) is 1. The van der Waals surface area contributed by atoms with E-state index in [-0.39, 0.29) is 38.0 Å². The van der Waals surface area contributed by atoms with Gasteiger partial charge in [-0.15, -0.1) is 0 Å². The van der Waals surface area contributed by atoms with Gasteiger partial charge in [-0.2, -0.15) is 18.4 Å². The molecule has 1 unspecified atom stereocenters. The van der Waals surface area contributed by atoms with Gasteiger partial charge < -0.3 is 20.1 Å². The van der Waals surface area contributed by atoms with Crippen LogP contribution in [0.15, 0.2) is 48.5 Å². The molecule has 10 heteroatoms. The maximum atomic E-state index is 13.4. The number of nitrogens with zero attached hydrogens (tertiary/aromatic N) is 2. The van der Waals surface area contributed by atoms with E-state index in [0.29, 0.717) is 11.6 Å². The standard InChI is InChI=1S/C27H30F3N3O4/c1-25(2,3)37-24(35)33-13-11-20(12-14-33)26(36,16-18-7-5-4-6-8-18)23(34)32-21-10-9-19(17-31)22(15-21)27(28,29)30/h4-10,15,20,36H,11-14,16H2,1-3H3,(H,32,34). The molecule has 1 aliphatic heterocycles. The van der Waals surface area contributed by atoms with Crippen molar-refractivity contribution in [2.45, 2.75) is 57.4 Å². The fraction of sp³-hybridized carbons (Fsp3) is 0.444. The monoisotopic (exact) mass is 517 g/mol. The summed E-state index contributed by atoms with van der Waals surface area (Å²) >= 11 is 0. The Bertz CT molecular complexity index is 1160. The molecule has 2 aromatic rings. The van der Waals surface area contributed by atoms with Crippen molar-refractivity contribution in [2.24, 2.45) is 5.92 Å². The average molecular weight is 518 g/mol. The molecule has 1 atom stereocenters. The first-order chi connectivity index (χ1) is 17.2. The van der Waals surface area contributed by atoms with Crippen LogP contribution in [0.5, 0.6) is 0 Å². The van der Waals surface area contributed by atoms with Crippen LogP contribution in [-0.2, 0) is 22.1 Å². The Morgan fingerprint density at radius 1 is 1.11 bits per heavy atom. The molecule has 0 radical (unpaired) electrons. The molecule has 1 heterocycles. The summed E-state index contributed by atoms with van der Waals surface area (Å²) in [5.74, 6) is -1.43. The molecule has 0 bridgehead atoms. The second kappa shape index (κ2) is 10.8. The molecule has 1 fully saturated rings. The third-order valence-electron chi connectivity index (χ3n) is 6.23. The van der Waals surface area contributed by atoms with Gasteiger partial charge in [0.1, 0.15) is 11.2 Å². The van der Waals surface area contributed by atoms with Crippen molar-refractivity contribution in [1.29, 1.82) is 5.26 Å². The van der Waals surface area contributed by atoms with Crippen LogP contribution in [-0.4, -0.2) is 46.3 Å². The highest BCUT2D eigenvalue weighted by molar-refractivity contribution is 5.97. The molecular formula is C27H30F3N3O4. The lowest BCUT2D eigenvalue weighted by Crippen LogP contribution is -2.55. The summed E-state index contributed by atoms with van der Waals surface area (Å²) in [6.45, 7) is 5.77. The van der Waals surface area contributed by atoms with Crippen LogP contribution in [0.2, 0.25) is 0 Å². The highest BCUT2D eigenvalue weighted by Gasteiger charge is 2.46. The zero-order valence-electron chi connectivity index (χ0n) is 20.9. The number of likely N-dealkylation sites (tertiary alicyclic amines) is 1. The second-order valence-corrected chi connectivity index (χ2v) is 10.2. The predicted octanol–water partition coefficient (Wildman–Crippen LogP) is 5.14. The zero-order chi connectivity index (χ0) is 27.4. The SMILES string of the molecule is CC(C)(C)OC(=O)N1CCC(C(O)(Cc2ccccc2)C(=O)Nc2ccc(C#N)c(C(F)(F)F)c2)CC1. The Hall–Kier alpha value is -3.58. The zero-order valence-corrected chi connectivity index (χ0v) is 20.9. The average Bonchev–Trinajstić information content (AvgIpc) is 2.83. The molecule has 7 nitrogen and oxygen atoms in total. The van der Waals surface area contributed by atoms with Crippen molar-refractivity contribution < 1.29 is 32.6 Å². The Kier molecular flexibility index (Phi) is 8.18. The number of anilines is 1. The lowest BCUT2D eigenvalue weighted by Gasteiger charge is -2.40. The van der Waals surface area contributed by atoms with E-state index in [1.54, 1.807) is 51.1 Å². The molecule has 2 amide bonds. The quantitative estimate of drug-likeness (QED) is 0.572. The fourth-order valence-corrected chi connectivity index (χ4v) is 4.38. The Balaban J connectivity index is 1.85. The van der Waals surface area contributed by atoms with Crippen molar-refractivity contribution in [3.63, 3.8) is 0 Å². The number of benzene rings is 2. The van der Waals surface area contributed by atoms with Gasteiger partial charge in [-0.25, -0.2) is 4.79 Å². The molecular weight excluding hydrogens is 487 g/mol. The van der Waals surface area contributed by atoms with E-state index in [0.717, 1.165) is 6.07 Å². The Labute approximate surface area is 213 Å². The van der Waals surface area contributed by atoms with Crippen LogP contribution >= 0.6 is 0 Å². The molecule has 2 N–H and O–H groups in total. The molecule has 3 rings (SSSR count). The number of amides is 2. The smallest absolute Gasteiger partial charge is 0.417 e. The fourth-order valence-electron chi connectivity index (χ4n) is 4.38. The summed E-state index contributed by atoms with van der Waals surface area (Å²) in [5, 5.41) is 23.2. The number of piperidine rings is 1. The van der Waals surface area contributed by atoms with Crippen molar-refractivity contribution in [3.05, 3.63) is 65.2 Å². The molecule has 0 aliphatic carbocycles. The normalized spacial score (nSPS) is 16.4. The van der Waals surface area contributed by atoms with E-state index in [2.05, 4.69) is 5.32 Å². The number of hydrogen-bond donors (Lipinski definition) is 2. The summed E-state index contributed by atoms with van der Waals surface area (Å²) < 4.78 is 45.7. The summed E-state index contributed by atoms with van der Waals surface area (Å²) in [7, 11) is 0. The van der Waals surface area contributed by atoms with Crippen molar-refractivity contribution in [1.82, 2.24) is 4.90 Å². The van der Waals surface area contributed by atoms with Crippen LogP contribution in [0, 0.1) is 17.2 Å². The molecule has 1 saturated heterocycles. The number of rotatable bonds is 5. The molecule has 0 spiro atoms. The number of carbonyl (C=O) groups is 2. The lowest BCUT2D eigenvalue weighted by molar-refractivity contribution is -0.142. The molecule has 2 aromatic carbocycles. The molecule has 0 aromatic heterocycles. The van der Waals surface area contributed by atoms with Gasteiger partial charge in [-0.3, -0.25) is 4.79 Å². The minimum absolute atomic E-state index is 0.0703. The molecule has 1 aliphatic rings. The summed E-state index contributed by atoms with van der Waals surface area (Å²) in [6.07, 6.45) is -4.77. The van der Waals surface area contributed by atoms with Crippen LogP contribution < -0.4 is 5.32 Å². The van der Waals surface area contributed by atoms with E-state index in [1.807, 2.05) is 0 Å². The number of carbonyl (C=O) groups excluding carboxylic acids is 2. The molecule has 198 valence electrons. The number of nitrogens with one attached hydrogen (secondary N) is 1. The van der Waals surface area contributed by atoms with E-state index in [1.165, 1.54) is 17.0 Å². The first kappa shape index (κ1) is 28.0. The maximum absolute atomic E-state index is 13.4. The van der Waals surface area contributed by atoms with Gasteiger partial charge in [0.25, 0.3) is 5.91 Å². The minimum atomic E-state index is -4.79. The van der Waals surface area contributed by atoms with Crippen LogP contribution in [0.3, 0.4) is 0 Å². The van der Waals surface area contributed by atoms with Crippen molar-refractivity contribution in [2.75, 3.05) is 18.4 Å². The number of halogens is 3. The van der Waals surface area contributed by atoms with E-state index >= 15 is 0 Å². The highest BCUT2D eigenvalue weighted by Crippen LogP contribution is 2.36. The third kappa shape index (κ3) is 7.01. The molecule has 37 heavy (non-hydrogen) atoms. The van der Waals surface area contributed by atoms with Crippen LogP contribution in [0.4, 0.5) is 23.7 Å². The van der Waals surface area contributed by atoms with Gasteiger partial charge in [0.2, 0.25) is 0 Å². The first-order valence-electron chi connectivity index (χ1n) is 11.9. The van der Waals surface area contributed by atoms with E-state index in [4.69, 9.17) is 10.00 Å². The highest BCUT2D eigenvalue weighted by atomic mass is 19.4. The second-order valence-electron chi connectivity index (χ2n) is 10.2. The van der Waals surface area contributed by atoms with Crippen molar-refractivity contribution >= 4 is 17.7 Å². The van der Waals surface area contributed by atoms with Gasteiger partial charge >= 0.3 is 12.3 Å². The van der Waals surface area contributed by atoms with Crippen LogP contribution in [0.1, 0.15) is 50.3 Å². The van der Waals surface area contributed by atoms with Gasteiger partial charge in [-0.05, 0) is 57.4 Å². The number of hydrogen-bond acceptors (Lipinski definition) is 5. The number of alkyl halides is 3. The predicted molar refractivity (Wildman–Crippen MR) is 130 cm³/mol. The van der Waals surface area contributed by atoms with Gasteiger partial charge in [-0.1, -0.05) is 30.3 Å². The summed E-state index contributed by atoms with van der Waals surface area (Å²) in [6, 6.07) is 13.2. The Morgan fingerprint density at radius 3 is 2.27 bits per heavy atom. The summed E-state index contributed by atoms with van der Waals surface area (Å²) in [4.78, 5) is 27.4. The lowest BCUT2D eigenvalue weighted by atomic mass is 9.76. The third-order valence-corrected chi connectivity index (χ3v) is 6.23. The summed E-state index contributed by atoms with van der Waals surface area (Å²) in [5.41, 5.74) is -3.89.